The van der Waals surface area contributed by atoms with Crippen LogP contribution in [0, 0.1) is 0 Å². The van der Waals surface area contributed by atoms with E-state index < -0.39 is 0 Å². The molecule has 1 heterocycles. The standard InChI is InChI=1S/C18H24N4O/c1-19-18(22-14-11-16-6-2-3-12-20-16)21-13-4-5-15-7-9-17(23)10-8-15/h2-3,6-10,12,23H,4-5,11,13-14H2,1H3,(H2,19,21,22). The lowest BCUT2D eigenvalue weighted by atomic mass is 10.1. The highest BCUT2D eigenvalue weighted by Crippen LogP contribution is 2.10. The molecule has 5 heteroatoms. The van der Waals surface area contributed by atoms with Crippen molar-refractivity contribution >= 4 is 5.96 Å². The fourth-order valence-electron chi connectivity index (χ4n) is 2.24. The number of hydrogen-bond acceptors (Lipinski definition) is 3. The number of benzene rings is 1. The Morgan fingerprint density at radius 3 is 2.52 bits per heavy atom. The van der Waals surface area contributed by atoms with Crippen molar-refractivity contribution in [3.8, 4) is 5.75 Å². The molecule has 0 aliphatic carbocycles. The molecule has 0 atom stereocenters. The third-order valence-corrected chi connectivity index (χ3v) is 3.49. The summed E-state index contributed by atoms with van der Waals surface area (Å²) < 4.78 is 0. The van der Waals surface area contributed by atoms with Crippen LogP contribution in [0.25, 0.3) is 0 Å². The van der Waals surface area contributed by atoms with Crippen LogP contribution in [-0.2, 0) is 12.8 Å². The first kappa shape index (κ1) is 16.8. The van der Waals surface area contributed by atoms with Crippen molar-refractivity contribution in [2.75, 3.05) is 20.1 Å². The molecular weight excluding hydrogens is 288 g/mol. The number of guanidine groups is 1. The average molecular weight is 312 g/mol. The number of hydrogen-bond donors (Lipinski definition) is 3. The second kappa shape index (κ2) is 9.46. The maximum atomic E-state index is 9.26. The Labute approximate surface area is 137 Å². The SMILES string of the molecule is CN=C(NCCCc1ccc(O)cc1)NCCc1ccccn1. The third-order valence-electron chi connectivity index (χ3n) is 3.49. The van der Waals surface area contributed by atoms with E-state index in [0.29, 0.717) is 5.75 Å². The first-order chi connectivity index (χ1) is 11.3. The summed E-state index contributed by atoms with van der Waals surface area (Å²) in [5, 5.41) is 15.9. The van der Waals surface area contributed by atoms with E-state index in [1.54, 1.807) is 19.2 Å². The van der Waals surface area contributed by atoms with Crippen molar-refractivity contribution in [1.29, 1.82) is 0 Å². The Kier molecular flexibility index (Phi) is 6.91. The van der Waals surface area contributed by atoms with Crippen LogP contribution in [-0.4, -0.2) is 36.2 Å². The van der Waals surface area contributed by atoms with Gasteiger partial charge in [0, 0.05) is 38.4 Å². The van der Waals surface area contributed by atoms with Gasteiger partial charge in [0.25, 0.3) is 0 Å². The van der Waals surface area contributed by atoms with Crippen LogP contribution in [0.3, 0.4) is 0 Å². The number of aromatic nitrogens is 1. The summed E-state index contributed by atoms with van der Waals surface area (Å²) in [5.74, 6) is 1.12. The number of aliphatic imine (C=N–C) groups is 1. The average Bonchev–Trinajstić information content (AvgIpc) is 2.59. The molecule has 0 aliphatic heterocycles. The van der Waals surface area contributed by atoms with E-state index >= 15 is 0 Å². The van der Waals surface area contributed by atoms with Gasteiger partial charge in [-0.2, -0.15) is 0 Å². The normalized spacial score (nSPS) is 11.3. The first-order valence-corrected chi connectivity index (χ1v) is 7.90. The highest BCUT2D eigenvalue weighted by Gasteiger charge is 1.99. The van der Waals surface area contributed by atoms with Crippen LogP contribution >= 0.6 is 0 Å². The molecule has 0 spiro atoms. The Hall–Kier alpha value is -2.56. The monoisotopic (exact) mass is 312 g/mol. The van der Waals surface area contributed by atoms with E-state index in [4.69, 9.17) is 0 Å². The van der Waals surface area contributed by atoms with Gasteiger partial charge >= 0.3 is 0 Å². The largest absolute Gasteiger partial charge is 0.508 e. The van der Waals surface area contributed by atoms with Gasteiger partial charge in [-0.15, -0.1) is 0 Å². The third kappa shape index (κ3) is 6.38. The molecule has 5 nitrogen and oxygen atoms in total. The second-order valence-electron chi connectivity index (χ2n) is 5.27. The second-order valence-corrected chi connectivity index (χ2v) is 5.27. The number of rotatable bonds is 7. The van der Waals surface area contributed by atoms with Gasteiger partial charge in [-0.3, -0.25) is 9.98 Å². The maximum Gasteiger partial charge on any atom is 0.190 e. The van der Waals surface area contributed by atoms with Gasteiger partial charge in [0.2, 0.25) is 0 Å². The summed E-state index contributed by atoms with van der Waals surface area (Å²) in [5.41, 5.74) is 2.30. The fraction of sp³-hybridized carbons (Fsp3) is 0.333. The number of aromatic hydroxyl groups is 1. The summed E-state index contributed by atoms with van der Waals surface area (Å²) in [6.45, 7) is 1.65. The van der Waals surface area contributed by atoms with Crippen LogP contribution in [0.2, 0.25) is 0 Å². The van der Waals surface area contributed by atoms with Crippen LogP contribution in [0.5, 0.6) is 5.75 Å². The van der Waals surface area contributed by atoms with Gasteiger partial charge in [0.15, 0.2) is 5.96 Å². The molecule has 0 unspecified atom stereocenters. The number of phenols is 1. The zero-order chi connectivity index (χ0) is 16.3. The van der Waals surface area contributed by atoms with Gasteiger partial charge in [-0.1, -0.05) is 18.2 Å². The molecule has 0 saturated carbocycles. The number of nitrogens with one attached hydrogen (secondary N) is 2. The minimum absolute atomic E-state index is 0.310. The van der Waals surface area contributed by atoms with Gasteiger partial charge in [-0.25, -0.2) is 0 Å². The lowest BCUT2D eigenvalue weighted by Gasteiger charge is -2.11. The molecule has 1 aromatic carbocycles. The molecule has 3 N–H and O–H groups in total. The van der Waals surface area contributed by atoms with Crippen molar-refractivity contribution in [3.05, 3.63) is 59.9 Å². The van der Waals surface area contributed by atoms with Crippen LogP contribution < -0.4 is 10.6 Å². The van der Waals surface area contributed by atoms with Crippen molar-refractivity contribution in [2.24, 2.45) is 4.99 Å². The van der Waals surface area contributed by atoms with E-state index in [0.717, 1.165) is 44.0 Å². The molecule has 0 aliphatic rings. The highest BCUT2D eigenvalue weighted by atomic mass is 16.3. The molecule has 2 aromatic rings. The van der Waals surface area contributed by atoms with Gasteiger partial charge in [-0.05, 0) is 42.7 Å². The lowest BCUT2D eigenvalue weighted by molar-refractivity contribution is 0.475. The number of nitrogens with zero attached hydrogens (tertiary/aromatic N) is 2. The van der Waals surface area contributed by atoms with E-state index in [9.17, 15) is 5.11 Å². The molecule has 122 valence electrons. The topological polar surface area (TPSA) is 69.5 Å². The smallest absolute Gasteiger partial charge is 0.190 e. The highest BCUT2D eigenvalue weighted by molar-refractivity contribution is 5.79. The zero-order valence-corrected chi connectivity index (χ0v) is 13.5. The predicted molar refractivity (Wildman–Crippen MR) is 93.7 cm³/mol. The number of pyridine rings is 1. The predicted octanol–water partition coefficient (Wildman–Crippen LogP) is 2.13. The molecule has 23 heavy (non-hydrogen) atoms. The molecule has 0 amide bonds. The van der Waals surface area contributed by atoms with Crippen molar-refractivity contribution in [1.82, 2.24) is 15.6 Å². The Morgan fingerprint density at radius 2 is 1.83 bits per heavy atom. The summed E-state index contributed by atoms with van der Waals surface area (Å²) in [6, 6.07) is 13.3. The van der Waals surface area contributed by atoms with E-state index in [1.807, 2.05) is 36.5 Å². The molecule has 2 rings (SSSR count). The Bertz CT molecular complexity index is 596. The van der Waals surface area contributed by atoms with E-state index in [2.05, 4.69) is 20.6 Å². The molecule has 0 saturated heterocycles. The maximum absolute atomic E-state index is 9.26. The van der Waals surface area contributed by atoms with Crippen molar-refractivity contribution < 1.29 is 5.11 Å². The zero-order valence-electron chi connectivity index (χ0n) is 13.5. The van der Waals surface area contributed by atoms with Gasteiger partial charge in [0.1, 0.15) is 5.75 Å². The van der Waals surface area contributed by atoms with Crippen LogP contribution in [0.15, 0.2) is 53.7 Å². The Balaban J connectivity index is 1.62. The minimum Gasteiger partial charge on any atom is -0.508 e. The number of phenolic OH excluding ortho intramolecular Hbond substituents is 1. The summed E-state index contributed by atoms with van der Waals surface area (Å²) >= 11 is 0. The fourth-order valence-corrected chi connectivity index (χ4v) is 2.24. The van der Waals surface area contributed by atoms with Gasteiger partial charge < -0.3 is 15.7 Å². The lowest BCUT2D eigenvalue weighted by Crippen LogP contribution is -2.38. The van der Waals surface area contributed by atoms with Crippen molar-refractivity contribution in [2.45, 2.75) is 19.3 Å². The molecule has 1 aromatic heterocycles. The Morgan fingerprint density at radius 1 is 1.04 bits per heavy atom. The molecule has 0 bridgehead atoms. The quantitative estimate of drug-likeness (QED) is 0.416. The summed E-state index contributed by atoms with van der Waals surface area (Å²) in [7, 11) is 1.77. The molecule has 0 fully saturated rings. The summed E-state index contributed by atoms with van der Waals surface area (Å²) in [6.07, 6.45) is 4.66. The van der Waals surface area contributed by atoms with E-state index in [1.165, 1.54) is 5.56 Å². The van der Waals surface area contributed by atoms with Crippen LogP contribution in [0.4, 0.5) is 0 Å². The molecule has 0 radical (unpaired) electrons. The molecular formula is C18H24N4O. The van der Waals surface area contributed by atoms with E-state index in [-0.39, 0.29) is 0 Å². The first-order valence-electron chi connectivity index (χ1n) is 7.90. The summed E-state index contributed by atoms with van der Waals surface area (Å²) in [4.78, 5) is 8.51. The van der Waals surface area contributed by atoms with Crippen LogP contribution in [0.1, 0.15) is 17.7 Å². The van der Waals surface area contributed by atoms with Crippen molar-refractivity contribution in [3.63, 3.8) is 0 Å². The number of aryl methyl sites for hydroxylation is 1. The minimum atomic E-state index is 0.310. The van der Waals surface area contributed by atoms with Gasteiger partial charge in [0.05, 0.1) is 0 Å².